The van der Waals surface area contributed by atoms with E-state index in [1.807, 2.05) is 49.4 Å². The molecule has 3 heterocycles. The molecule has 1 atom stereocenters. The molecule has 3 aromatic heterocycles. The number of halogens is 1. The van der Waals surface area contributed by atoms with Gasteiger partial charge in [-0.2, -0.15) is 5.10 Å². The van der Waals surface area contributed by atoms with Crippen LogP contribution in [0.2, 0.25) is 0 Å². The van der Waals surface area contributed by atoms with Gasteiger partial charge in [-0.1, -0.05) is 24.3 Å². The summed E-state index contributed by atoms with van der Waals surface area (Å²) in [5.74, 6) is 0.804. The molecule has 7 heteroatoms. The van der Waals surface area contributed by atoms with Crippen LogP contribution in [-0.2, 0) is 6.67 Å². The number of hydrogen-bond donors (Lipinski definition) is 2. The molecule has 0 saturated heterocycles. The average molecular weight is 417 g/mol. The third-order valence-electron chi connectivity index (χ3n) is 6.04. The lowest BCUT2D eigenvalue weighted by atomic mass is 9.68. The van der Waals surface area contributed by atoms with E-state index < -0.39 is 12.3 Å². The van der Waals surface area contributed by atoms with Crippen LogP contribution in [0.5, 0.6) is 0 Å². The van der Waals surface area contributed by atoms with E-state index >= 15 is 0 Å². The van der Waals surface area contributed by atoms with Crippen molar-refractivity contribution >= 4 is 10.9 Å². The first-order valence-corrected chi connectivity index (χ1v) is 10.4. The van der Waals surface area contributed by atoms with Crippen molar-refractivity contribution in [1.29, 1.82) is 0 Å². The Hall–Kier alpha value is -3.16. The van der Waals surface area contributed by atoms with Crippen LogP contribution in [0, 0.1) is 5.92 Å². The van der Waals surface area contributed by atoms with Crippen LogP contribution >= 0.6 is 0 Å². The number of aromatic nitrogens is 4. The number of aliphatic hydroxyl groups is 1. The van der Waals surface area contributed by atoms with Gasteiger partial charge in [0.25, 0.3) is 0 Å². The van der Waals surface area contributed by atoms with E-state index in [-0.39, 0.29) is 12.0 Å². The summed E-state index contributed by atoms with van der Waals surface area (Å²) in [6.07, 6.45) is 3.15. The summed E-state index contributed by atoms with van der Waals surface area (Å²) >= 11 is 0. The topological polar surface area (TPSA) is 89.8 Å². The Bertz CT molecular complexity index is 1240. The lowest BCUT2D eigenvalue weighted by Crippen LogP contribution is -2.45. The Morgan fingerprint density at radius 1 is 1.16 bits per heavy atom. The van der Waals surface area contributed by atoms with Crippen LogP contribution in [0.3, 0.4) is 0 Å². The number of fused-ring (bicyclic) bond motifs is 1. The molecule has 0 spiro atoms. The molecule has 0 amide bonds. The van der Waals surface area contributed by atoms with Gasteiger partial charge in [-0.25, -0.2) is 14.1 Å². The first-order chi connectivity index (χ1) is 14.9. The van der Waals surface area contributed by atoms with Gasteiger partial charge in [0.2, 0.25) is 0 Å². The van der Waals surface area contributed by atoms with Crippen LogP contribution < -0.4 is 5.73 Å². The van der Waals surface area contributed by atoms with Crippen LogP contribution in [-0.4, -0.2) is 30.5 Å². The molecule has 1 fully saturated rings. The minimum Gasteiger partial charge on any atom is -0.390 e. The summed E-state index contributed by atoms with van der Waals surface area (Å²) in [6, 6.07) is 16.9. The fourth-order valence-electron chi connectivity index (χ4n) is 4.38. The van der Waals surface area contributed by atoms with Crippen molar-refractivity contribution in [3.8, 4) is 17.1 Å². The summed E-state index contributed by atoms with van der Waals surface area (Å²) in [6.45, 7) is 1.22. The zero-order valence-electron chi connectivity index (χ0n) is 17.2. The maximum absolute atomic E-state index is 13.1. The van der Waals surface area contributed by atoms with Crippen LogP contribution in [0.15, 0.2) is 60.8 Å². The van der Waals surface area contributed by atoms with E-state index in [9.17, 15) is 9.50 Å². The Kier molecular flexibility index (Phi) is 4.79. The number of nitrogens with two attached hydrogens (primary N) is 1. The van der Waals surface area contributed by atoms with Gasteiger partial charge in [0.05, 0.1) is 40.4 Å². The highest BCUT2D eigenvalue weighted by molar-refractivity contribution is 5.84. The van der Waals surface area contributed by atoms with Gasteiger partial charge in [0, 0.05) is 10.9 Å². The van der Waals surface area contributed by atoms with E-state index in [4.69, 9.17) is 10.7 Å². The van der Waals surface area contributed by atoms with E-state index in [2.05, 4.69) is 10.1 Å². The molecule has 3 N–H and O–H groups in total. The first-order valence-electron chi connectivity index (χ1n) is 10.4. The highest BCUT2D eigenvalue weighted by Gasteiger charge is 2.42. The van der Waals surface area contributed by atoms with Crippen molar-refractivity contribution in [2.24, 2.45) is 11.7 Å². The van der Waals surface area contributed by atoms with Crippen molar-refractivity contribution in [3.05, 3.63) is 72.2 Å². The van der Waals surface area contributed by atoms with Gasteiger partial charge < -0.3 is 10.8 Å². The van der Waals surface area contributed by atoms with Gasteiger partial charge in [0.1, 0.15) is 6.67 Å². The molecule has 1 aliphatic rings. The van der Waals surface area contributed by atoms with Crippen LogP contribution in [0.4, 0.5) is 4.39 Å². The molecule has 0 aliphatic heterocycles. The number of pyridine rings is 2. The summed E-state index contributed by atoms with van der Waals surface area (Å²) in [7, 11) is 0. The maximum atomic E-state index is 13.1. The zero-order chi connectivity index (χ0) is 21.6. The molecule has 1 unspecified atom stereocenters. The Balaban J connectivity index is 1.50. The monoisotopic (exact) mass is 417 g/mol. The number of benzene rings is 1. The zero-order valence-corrected chi connectivity index (χ0v) is 17.2. The average Bonchev–Trinajstić information content (AvgIpc) is 3.20. The van der Waals surface area contributed by atoms with Gasteiger partial charge >= 0.3 is 0 Å². The number of hydrogen-bond acceptors (Lipinski definition) is 5. The van der Waals surface area contributed by atoms with Crippen molar-refractivity contribution < 1.29 is 9.50 Å². The molecule has 158 valence electrons. The minimum absolute atomic E-state index is 0.206. The van der Waals surface area contributed by atoms with Gasteiger partial charge in [0.15, 0.2) is 5.82 Å². The molecular weight excluding hydrogens is 393 g/mol. The van der Waals surface area contributed by atoms with E-state index in [0.29, 0.717) is 24.4 Å². The molecule has 0 radical (unpaired) electrons. The standard InChI is InChI=1S/C24H24FN5O/c1-24(31)11-17(12-24)23(26)20-6-3-5-19(29-20)15-8-9-16-14-27-30(21(16)10-15)22-7-2-4-18(13-25)28-22/h2-10,14,17,23,31H,11-13,26H2,1H3. The molecule has 4 aromatic rings. The summed E-state index contributed by atoms with van der Waals surface area (Å²) in [5.41, 5.74) is 9.65. The molecule has 1 saturated carbocycles. The number of rotatable bonds is 5. The Morgan fingerprint density at radius 3 is 2.74 bits per heavy atom. The van der Waals surface area contributed by atoms with Crippen molar-refractivity contribution in [2.45, 2.75) is 38.1 Å². The lowest BCUT2D eigenvalue weighted by molar-refractivity contribution is -0.0654. The first kappa shape index (κ1) is 19.8. The summed E-state index contributed by atoms with van der Waals surface area (Å²) < 4.78 is 14.8. The fourth-order valence-corrected chi connectivity index (χ4v) is 4.38. The van der Waals surface area contributed by atoms with Crippen LogP contribution in [0.25, 0.3) is 28.0 Å². The maximum Gasteiger partial charge on any atom is 0.154 e. The Morgan fingerprint density at radius 2 is 1.97 bits per heavy atom. The third kappa shape index (κ3) is 3.71. The normalized spacial score (nSPS) is 21.7. The Labute approximate surface area is 179 Å². The van der Waals surface area contributed by atoms with Crippen LogP contribution in [0.1, 0.15) is 37.2 Å². The van der Waals surface area contributed by atoms with Gasteiger partial charge in [-0.05, 0) is 56.0 Å². The number of alkyl halides is 1. The van der Waals surface area contributed by atoms with Crippen molar-refractivity contribution in [3.63, 3.8) is 0 Å². The molecule has 31 heavy (non-hydrogen) atoms. The highest BCUT2D eigenvalue weighted by atomic mass is 19.1. The van der Waals surface area contributed by atoms with E-state index in [1.54, 1.807) is 23.0 Å². The fraction of sp³-hybridized carbons (Fsp3) is 0.292. The highest BCUT2D eigenvalue weighted by Crippen LogP contribution is 2.43. The quantitative estimate of drug-likeness (QED) is 0.510. The molecule has 1 aromatic carbocycles. The molecule has 0 bridgehead atoms. The second kappa shape index (κ2) is 7.51. The van der Waals surface area contributed by atoms with Gasteiger partial charge in [-0.3, -0.25) is 4.98 Å². The smallest absolute Gasteiger partial charge is 0.154 e. The number of nitrogens with zero attached hydrogens (tertiary/aromatic N) is 4. The van der Waals surface area contributed by atoms with E-state index in [0.717, 1.165) is 27.9 Å². The predicted octanol–water partition coefficient (Wildman–Crippen LogP) is 4.11. The second-order valence-corrected chi connectivity index (χ2v) is 8.59. The largest absolute Gasteiger partial charge is 0.390 e. The van der Waals surface area contributed by atoms with Gasteiger partial charge in [-0.15, -0.1) is 0 Å². The summed E-state index contributed by atoms with van der Waals surface area (Å²) in [5, 5.41) is 15.4. The lowest BCUT2D eigenvalue weighted by Gasteiger charge is -2.43. The minimum atomic E-state index is -0.619. The summed E-state index contributed by atoms with van der Waals surface area (Å²) in [4.78, 5) is 9.16. The van der Waals surface area contributed by atoms with E-state index in [1.165, 1.54) is 0 Å². The molecule has 5 rings (SSSR count). The molecule has 6 nitrogen and oxygen atoms in total. The molecule has 1 aliphatic carbocycles. The predicted molar refractivity (Wildman–Crippen MR) is 117 cm³/mol. The SMILES string of the molecule is CC1(O)CC(C(N)c2cccc(-c3ccc4cnn(-c5cccc(CF)n5)c4c3)n2)C1. The second-order valence-electron chi connectivity index (χ2n) is 8.59. The molecular formula is C24H24FN5O. The van der Waals surface area contributed by atoms with Crippen molar-refractivity contribution in [2.75, 3.05) is 0 Å². The van der Waals surface area contributed by atoms with Crippen molar-refractivity contribution in [1.82, 2.24) is 19.7 Å². The third-order valence-corrected chi connectivity index (χ3v) is 6.04.